The van der Waals surface area contributed by atoms with Crippen LogP contribution in [0, 0.1) is 0 Å². The summed E-state index contributed by atoms with van der Waals surface area (Å²) in [7, 11) is -3.24. The van der Waals surface area contributed by atoms with Crippen molar-refractivity contribution >= 4 is 15.7 Å². The fourth-order valence-electron chi connectivity index (χ4n) is 2.93. The van der Waals surface area contributed by atoms with E-state index in [1.54, 1.807) is 12.1 Å². The first-order valence-electron chi connectivity index (χ1n) is 8.29. The average molecular weight is 363 g/mol. The molecule has 1 N–H and O–H groups in total. The number of rotatable bonds is 5. The molecule has 1 aromatic heterocycles. The van der Waals surface area contributed by atoms with E-state index in [4.69, 9.17) is 0 Å². The average Bonchev–Trinajstić information content (AvgIpc) is 3.03. The maximum atomic E-state index is 12.1. The maximum absolute atomic E-state index is 12.1. The van der Waals surface area contributed by atoms with E-state index in [1.807, 2.05) is 0 Å². The van der Waals surface area contributed by atoms with Crippen LogP contribution in [0.3, 0.4) is 0 Å². The Labute approximate surface area is 146 Å². The number of sulfone groups is 1. The van der Waals surface area contributed by atoms with Crippen LogP contribution < -0.4 is 5.32 Å². The highest BCUT2D eigenvalue weighted by molar-refractivity contribution is 7.90. The molecule has 1 aromatic carbocycles. The molecule has 1 fully saturated rings. The summed E-state index contributed by atoms with van der Waals surface area (Å²) in [6.45, 7) is 0.0188. The number of aromatic nitrogens is 4. The molecule has 1 aliphatic carbocycles. The molecule has 0 radical (unpaired) electrons. The lowest BCUT2D eigenvalue weighted by molar-refractivity contribution is -0.123. The molecule has 1 amide bonds. The van der Waals surface area contributed by atoms with Crippen LogP contribution in [0.5, 0.6) is 0 Å². The second kappa shape index (κ2) is 7.30. The molecule has 1 heterocycles. The van der Waals surface area contributed by atoms with Crippen LogP contribution >= 0.6 is 0 Å². The summed E-state index contributed by atoms with van der Waals surface area (Å²) in [6, 6.07) is 6.50. The topological polar surface area (TPSA) is 107 Å². The molecule has 9 heteroatoms. The molecule has 134 valence electrons. The zero-order valence-corrected chi connectivity index (χ0v) is 14.9. The number of hydrogen-bond acceptors (Lipinski definition) is 6. The van der Waals surface area contributed by atoms with Gasteiger partial charge in [-0.25, -0.2) is 8.42 Å². The van der Waals surface area contributed by atoms with Crippen molar-refractivity contribution in [1.82, 2.24) is 25.5 Å². The Bertz CT molecular complexity index is 839. The lowest BCUT2D eigenvalue weighted by Crippen LogP contribution is -2.38. The predicted molar refractivity (Wildman–Crippen MR) is 91.4 cm³/mol. The van der Waals surface area contributed by atoms with Crippen molar-refractivity contribution in [3.8, 4) is 11.4 Å². The molecule has 3 rings (SSSR count). The Morgan fingerprint density at radius 2 is 1.88 bits per heavy atom. The van der Waals surface area contributed by atoms with E-state index in [0.29, 0.717) is 11.4 Å². The minimum absolute atomic E-state index is 0.0188. The lowest BCUT2D eigenvalue weighted by Gasteiger charge is -2.22. The van der Waals surface area contributed by atoms with Gasteiger partial charge in [0.1, 0.15) is 6.54 Å². The molecule has 8 nitrogen and oxygen atoms in total. The predicted octanol–water partition coefficient (Wildman–Crippen LogP) is 1.19. The summed E-state index contributed by atoms with van der Waals surface area (Å²) in [4.78, 5) is 13.6. The van der Waals surface area contributed by atoms with Crippen LogP contribution in [0.15, 0.2) is 29.2 Å². The molecule has 0 bridgehead atoms. The summed E-state index contributed by atoms with van der Waals surface area (Å²) in [5, 5.41) is 15.0. The smallest absolute Gasteiger partial charge is 0.243 e. The number of carbonyl (C=O) groups is 1. The molecule has 0 atom stereocenters. The summed E-state index contributed by atoms with van der Waals surface area (Å²) in [6.07, 6.45) is 6.74. The minimum Gasteiger partial charge on any atom is -0.352 e. The first kappa shape index (κ1) is 17.5. The molecular formula is C16H21N5O3S. The first-order chi connectivity index (χ1) is 11.9. The van der Waals surface area contributed by atoms with E-state index in [9.17, 15) is 13.2 Å². The standard InChI is InChI=1S/C16H21N5O3S/c1-25(23,24)14-9-7-12(8-10-14)16-18-20-21(19-16)11-15(22)17-13-5-3-2-4-6-13/h7-10,13H,2-6,11H2,1H3,(H,17,22). The molecule has 1 saturated carbocycles. The lowest BCUT2D eigenvalue weighted by atomic mass is 9.95. The highest BCUT2D eigenvalue weighted by atomic mass is 32.2. The summed E-state index contributed by atoms with van der Waals surface area (Å²) < 4.78 is 23.0. The van der Waals surface area contributed by atoms with Crippen LogP contribution in [-0.2, 0) is 21.2 Å². The van der Waals surface area contributed by atoms with Gasteiger partial charge in [-0.3, -0.25) is 4.79 Å². The van der Waals surface area contributed by atoms with Crippen molar-refractivity contribution in [2.75, 3.05) is 6.26 Å². The fourth-order valence-corrected chi connectivity index (χ4v) is 3.56. The highest BCUT2D eigenvalue weighted by Gasteiger charge is 2.17. The Morgan fingerprint density at radius 1 is 1.20 bits per heavy atom. The number of tetrazole rings is 1. The van der Waals surface area contributed by atoms with Gasteiger partial charge in [0.15, 0.2) is 9.84 Å². The van der Waals surface area contributed by atoms with E-state index < -0.39 is 9.84 Å². The summed E-state index contributed by atoms with van der Waals surface area (Å²) >= 11 is 0. The highest BCUT2D eigenvalue weighted by Crippen LogP contribution is 2.18. The van der Waals surface area contributed by atoms with Gasteiger partial charge in [0.2, 0.25) is 11.7 Å². The first-order valence-corrected chi connectivity index (χ1v) is 10.2. The van der Waals surface area contributed by atoms with Crippen molar-refractivity contribution in [2.24, 2.45) is 0 Å². The molecule has 2 aromatic rings. The molecule has 25 heavy (non-hydrogen) atoms. The van der Waals surface area contributed by atoms with Gasteiger partial charge in [0.25, 0.3) is 0 Å². The summed E-state index contributed by atoms with van der Waals surface area (Å²) in [5.41, 5.74) is 0.645. The van der Waals surface area contributed by atoms with Gasteiger partial charge in [-0.15, -0.1) is 10.2 Å². The van der Waals surface area contributed by atoms with Crippen LogP contribution in [0.25, 0.3) is 11.4 Å². The van der Waals surface area contributed by atoms with Crippen molar-refractivity contribution in [1.29, 1.82) is 0 Å². The number of nitrogens with one attached hydrogen (secondary N) is 1. The number of benzene rings is 1. The van der Waals surface area contributed by atoms with Crippen molar-refractivity contribution in [3.05, 3.63) is 24.3 Å². The molecule has 1 aliphatic rings. The molecule has 0 unspecified atom stereocenters. The van der Waals surface area contributed by atoms with E-state index >= 15 is 0 Å². The van der Waals surface area contributed by atoms with E-state index in [1.165, 1.54) is 23.4 Å². The second-order valence-corrected chi connectivity index (χ2v) is 8.36. The Hall–Kier alpha value is -2.29. The van der Waals surface area contributed by atoms with Crippen molar-refractivity contribution in [3.63, 3.8) is 0 Å². The number of carbonyl (C=O) groups excluding carboxylic acids is 1. The van der Waals surface area contributed by atoms with E-state index in [2.05, 4.69) is 20.7 Å². The SMILES string of the molecule is CS(=O)(=O)c1ccc(-c2nnn(CC(=O)NC3CCCCC3)n2)cc1. The van der Waals surface area contributed by atoms with Gasteiger partial charge in [-0.2, -0.15) is 4.80 Å². The zero-order chi connectivity index (χ0) is 17.9. The Balaban J connectivity index is 1.62. The van der Waals surface area contributed by atoms with Crippen LogP contribution in [0.2, 0.25) is 0 Å². The van der Waals surface area contributed by atoms with Gasteiger partial charge >= 0.3 is 0 Å². The number of nitrogens with zero attached hydrogens (tertiary/aromatic N) is 4. The van der Waals surface area contributed by atoms with Crippen molar-refractivity contribution < 1.29 is 13.2 Å². The second-order valence-electron chi connectivity index (χ2n) is 6.34. The van der Waals surface area contributed by atoms with Crippen LogP contribution in [-0.4, -0.2) is 46.8 Å². The Kier molecular flexibility index (Phi) is 5.12. The minimum atomic E-state index is -3.24. The number of amides is 1. The van der Waals surface area contributed by atoms with Gasteiger partial charge < -0.3 is 5.32 Å². The number of hydrogen-bond donors (Lipinski definition) is 1. The zero-order valence-electron chi connectivity index (χ0n) is 14.1. The Morgan fingerprint density at radius 3 is 2.52 bits per heavy atom. The third-order valence-corrected chi connectivity index (χ3v) is 5.38. The third-order valence-electron chi connectivity index (χ3n) is 4.25. The quantitative estimate of drug-likeness (QED) is 0.855. The largest absolute Gasteiger partial charge is 0.352 e. The monoisotopic (exact) mass is 363 g/mol. The van der Waals surface area contributed by atoms with Gasteiger partial charge in [-0.05, 0) is 42.3 Å². The van der Waals surface area contributed by atoms with Gasteiger partial charge in [0.05, 0.1) is 4.90 Å². The molecular weight excluding hydrogens is 342 g/mol. The normalized spacial score (nSPS) is 15.9. The molecule has 0 saturated heterocycles. The van der Waals surface area contributed by atoms with Gasteiger partial charge in [-0.1, -0.05) is 19.3 Å². The van der Waals surface area contributed by atoms with Crippen LogP contribution in [0.4, 0.5) is 0 Å². The third kappa shape index (κ3) is 4.62. The summed E-state index contributed by atoms with van der Waals surface area (Å²) in [5.74, 6) is 0.230. The molecule has 0 spiro atoms. The maximum Gasteiger partial charge on any atom is 0.243 e. The molecule has 0 aliphatic heterocycles. The van der Waals surface area contributed by atoms with Crippen molar-refractivity contribution in [2.45, 2.75) is 49.6 Å². The fraction of sp³-hybridized carbons (Fsp3) is 0.500. The van der Waals surface area contributed by atoms with E-state index in [0.717, 1.165) is 31.9 Å². The van der Waals surface area contributed by atoms with Gasteiger partial charge in [0, 0.05) is 17.9 Å². The van der Waals surface area contributed by atoms with Crippen LogP contribution in [0.1, 0.15) is 32.1 Å². The van der Waals surface area contributed by atoms with E-state index in [-0.39, 0.29) is 23.4 Å².